The molecule has 2 aromatic rings. The third-order valence-corrected chi connectivity index (χ3v) is 3.35. The molecule has 0 aromatic carbocycles. The summed E-state index contributed by atoms with van der Waals surface area (Å²) in [4.78, 5) is 4.68. The van der Waals surface area contributed by atoms with Crippen LogP contribution in [0.5, 0.6) is 5.75 Å². The van der Waals surface area contributed by atoms with Gasteiger partial charge in [0.1, 0.15) is 0 Å². The molecule has 90 valence electrons. The SMILES string of the molecule is COc1cccn2cc(C3CCCCN3)nc12. The molecule has 1 saturated heterocycles. The van der Waals surface area contributed by atoms with Gasteiger partial charge in [0.25, 0.3) is 0 Å². The maximum Gasteiger partial charge on any atom is 0.179 e. The highest BCUT2D eigenvalue weighted by Crippen LogP contribution is 2.25. The number of fused-ring (bicyclic) bond motifs is 1. The zero-order valence-electron chi connectivity index (χ0n) is 10.0. The molecule has 0 saturated carbocycles. The average Bonchev–Trinajstić information content (AvgIpc) is 2.83. The number of nitrogens with zero attached hydrogens (tertiary/aromatic N) is 2. The molecule has 4 nitrogen and oxygen atoms in total. The monoisotopic (exact) mass is 231 g/mol. The van der Waals surface area contributed by atoms with Crippen LogP contribution < -0.4 is 10.1 Å². The lowest BCUT2D eigenvalue weighted by molar-refractivity contribution is 0.405. The summed E-state index contributed by atoms with van der Waals surface area (Å²) in [7, 11) is 1.68. The number of ether oxygens (including phenoxy) is 1. The van der Waals surface area contributed by atoms with E-state index < -0.39 is 0 Å². The minimum absolute atomic E-state index is 0.397. The van der Waals surface area contributed by atoms with Gasteiger partial charge in [-0.15, -0.1) is 0 Å². The Kier molecular flexibility index (Phi) is 2.73. The summed E-state index contributed by atoms with van der Waals surface area (Å²) in [6.45, 7) is 1.09. The Morgan fingerprint density at radius 1 is 1.47 bits per heavy atom. The summed E-state index contributed by atoms with van der Waals surface area (Å²) < 4.78 is 7.36. The molecule has 1 aliphatic rings. The van der Waals surface area contributed by atoms with Crippen LogP contribution in [0.15, 0.2) is 24.5 Å². The first-order valence-corrected chi connectivity index (χ1v) is 6.13. The molecule has 0 radical (unpaired) electrons. The number of rotatable bonds is 2. The zero-order chi connectivity index (χ0) is 11.7. The summed E-state index contributed by atoms with van der Waals surface area (Å²) in [6.07, 6.45) is 7.83. The van der Waals surface area contributed by atoms with Crippen molar-refractivity contribution in [1.82, 2.24) is 14.7 Å². The third kappa shape index (κ3) is 1.89. The second-order valence-electron chi connectivity index (χ2n) is 4.48. The predicted octanol–water partition coefficient (Wildman–Crippen LogP) is 2.16. The first-order chi connectivity index (χ1) is 8.38. The van der Waals surface area contributed by atoms with E-state index in [1.807, 2.05) is 22.7 Å². The van der Waals surface area contributed by atoms with Crippen LogP contribution in [0.3, 0.4) is 0 Å². The molecule has 1 aliphatic heterocycles. The van der Waals surface area contributed by atoms with Crippen LogP contribution in [0.2, 0.25) is 0 Å². The number of pyridine rings is 1. The highest BCUT2D eigenvalue weighted by atomic mass is 16.5. The van der Waals surface area contributed by atoms with E-state index in [9.17, 15) is 0 Å². The maximum absolute atomic E-state index is 5.32. The van der Waals surface area contributed by atoms with Crippen LogP contribution >= 0.6 is 0 Å². The van der Waals surface area contributed by atoms with E-state index >= 15 is 0 Å². The Morgan fingerprint density at radius 3 is 3.18 bits per heavy atom. The Hall–Kier alpha value is -1.55. The van der Waals surface area contributed by atoms with Crippen LogP contribution in [0.1, 0.15) is 31.0 Å². The van der Waals surface area contributed by atoms with Crippen molar-refractivity contribution in [2.75, 3.05) is 13.7 Å². The Morgan fingerprint density at radius 2 is 2.41 bits per heavy atom. The number of imidazole rings is 1. The van der Waals surface area contributed by atoms with E-state index in [1.54, 1.807) is 7.11 Å². The van der Waals surface area contributed by atoms with Crippen molar-refractivity contribution in [2.24, 2.45) is 0 Å². The molecule has 0 spiro atoms. The summed E-state index contributed by atoms with van der Waals surface area (Å²) >= 11 is 0. The van der Waals surface area contributed by atoms with Crippen LogP contribution in [0.25, 0.3) is 5.65 Å². The van der Waals surface area contributed by atoms with Crippen LogP contribution in [-0.2, 0) is 0 Å². The van der Waals surface area contributed by atoms with Crippen molar-refractivity contribution >= 4 is 5.65 Å². The molecule has 17 heavy (non-hydrogen) atoms. The standard InChI is InChI=1S/C13H17N3O/c1-17-12-6-4-8-16-9-11(15-13(12)16)10-5-2-3-7-14-10/h4,6,8-10,14H,2-3,5,7H2,1H3. The van der Waals surface area contributed by atoms with Crippen molar-refractivity contribution in [3.63, 3.8) is 0 Å². The molecule has 0 aliphatic carbocycles. The lowest BCUT2D eigenvalue weighted by Crippen LogP contribution is -2.26. The van der Waals surface area contributed by atoms with Gasteiger partial charge in [-0.1, -0.05) is 6.42 Å². The molecule has 1 N–H and O–H groups in total. The summed E-state index contributed by atoms with van der Waals surface area (Å²) in [5.41, 5.74) is 2.02. The van der Waals surface area contributed by atoms with E-state index in [0.717, 1.165) is 23.6 Å². The van der Waals surface area contributed by atoms with Crippen molar-refractivity contribution in [1.29, 1.82) is 0 Å². The fraction of sp³-hybridized carbons (Fsp3) is 0.462. The molecular formula is C13H17N3O. The van der Waals surface area contributed by atoms with Crippen molar-refractivity contribution < 1.29 is 4.74 Å². The second kappa shape index (κ2) is 4.37. The van der Waals surface area contributed by atoms with Gasteiger partial charge >= 0.3 is 0 Å². The molecule has 0 amide bonds. The van der Waals surface area contributed by atoms with Crippen LogP contribution in [0, 0.1) is 0 Å². The maximum atomic E-state index is 5.32. The smallest absolute Gasteiger partial charge is 0.179 e. The first-order valence-electron chi connectivity index (χ1n) is 6.13. The number of hydrogen-bond donors (Lipinski definition) is 1. The molecule has 3 heterocycles. The van der Waals surface area contributed by atoms with Gasteiger partial charge in [-0.2, -0.15) is 0 Å². The van der Waals surface area contributed by atoms with Crippen LogP contribution in [0.4, 0.5) is 0 Å². The summed E-state index contributed by atoms with van der Waals surface area (Å²) in [5, 5.41) is 3.52. The van der Waals surface area contributed by atoms with Gasteiger partial charge in [-0.3, -0.25) is 0 Å². The number of hydrogen-bond acceptors (Lipinski definition) is 3. The molecular weight excluding hydrogens is 214 g/mol. The van der Waals surface area contributed by atoms with E-state index in [0.29, 0.717) is 6.04 Å². The van der Waals surface area contributed by atoms with Gasteiger partial charge in [-0.25, -0.2) is 4.98 Å². The fourth-order valence-electron chi connectivity index (χ4n) is 2.44. The molecule has 0 bridgehead atoms. The molecule has 2 aromatic heterocycles. The quantitative estimate of drug-likeness (QED) is 0.860. The van der Waals surface area contributed by atoms with Gasteiger partial charge in [0.2, 0.25) is 0 Å². The minimum atomic E-state index is 0.397. The summed E-state index contributed by atoms with van der Waals surface area (Å²) in [6, 6.07) is 4.32. The van der Waals surface area contributed by atoms with E-state index in [4.69, 9.17) is 4.74 Å². The largest absolute Gasteiger partial charge is 0.493 e. The topological polar surface area (TPSA) is 38.6 Å². The van der Waals surface area contributed by atoms with Gasteiger partial charge in [0.15, 0.2) is 11.4 Å². The van der Waals surface area contributed by atoms with Crippen molar-refractivity contribution in [3.8, 4) is 5.75 Å². The molecule has 1 fully saturated rings. The van der Waals surface area contributed by atoms with Gasteiger partial charge in [0, 0.05) is 12.4 Å². The number of methoxy groups -OCH3 is 1. The van der Waals surface area contributed by atoms with Crippen molar-refractivity contribution in [3.05, 3.63) is 30.2 Å². The van der Waals surface area contributed by atoms with Crippen molar-refractivity contribution in [2.45, 2.75) is 25.3 Å². The number of piperidine rings is 1. The average molecular weight is 231 g/mol. The zero-order valence-corrected chi connectivity index (χ0v) is 10.0. The van der Waals surface area contributed by atoms with E-state index in [1.165, 1.54) is 19.3 Å². The lowest BCUT2D eigenvalue weighted by Gasteiger charge is -2.21. The normalized spacial score (nSPS) is 20.6. The van der Waals surface area contributed by atoms with Gasteiger partial charge < -0.3 is 14.5 Å². The van der Waals surface area contributed by atoms with Gasteiger partial charge in [0.05, 0.1) is 18.8 Å². The number of aromatic nitrogens is 2. The molecule has 3 rings (SSSR count). The Bertz CT molecular complexity index is 514. The third-order valence-electron chi connectivity index (χ3n) is 3.35. The lowest BCUT2D eigenvalue weighted by atomic mass is 10.0. The minimum Gasteiger partial charge on any atom is -0.493 e. The summed E-state index contributed by atoms with van der Waals surface area (Å²) in [5.74, 6) is 0.828. The highest BCUT2D eigenvalue weighted by Gasteiger charge is 2.18. The molecule has 4 heteroatoms. The molecule has 1 atom stereocenters. The second-order valence-corrected chi connectivity index (χ2v) is 4.48. The molecule has 1 unspecified atom stereocenters. The predicted molar refractivity (Wildman–Crippen MR) is 66.3 cm³/mol. The Labute approximate surface area is 101 Å². The number of nitrogens with one attached hydrogen (secondary N) is 1. The fourth-order valence-corrected chi connectivity index (χ4v) is 2.44. The van der Waals surface area contributed by atoms with Crippen LogP contribution in [-0.4, -0.2) is 23.0 Å². The van der Waals surface area contributed by atoms with E-state index in [-0.39, 0.29) is 0 Å². The highest BCUT2D eigenvalue weighted by molar-refractivity contribution is 5.54. The Balaban J connectivity index is 2.00. The van der Waals surface area contributed by atoms with Gasteiger partial charge in [-0.05, 0) is 31.5 Å². The van der Waals surface area contributed by atoms with E-state index in [2.05, 4.69) is 16.5 Å². The first kappa shape index (κ1) is 10.6.